The van der Waals surface area contributed by atoms with Gasteiger partial charge in [-0.25, -0.2) is 4.68 Å². The molecule has 5 rings (SSSR count). The maximum Gasteiger partial charge on any atom is 0.253 e. The lowest BCUT2D eigenvalue weighted by atomic mass is 9.95. The van der Waals surface area contributed by atoms with E-state index in [2.05, 4.69) is 15.6 Å². The Morgan fingerprint density at radius 1 is 0.969 bits per heavy atom. The van der Waals surface area contributed by atoms with Crippen LogP contribution in [0.15, 0.2) is 48.5 Å². The zero-order valence-electron chi connectivity index (χ0n) is 18.2. The predicted octanol–water partition coefficient (Wildman–Crippen LogP) is 3.72. The molecule has 1 saturated carbocycles. The van der Waals surface area contributed by atoms with Crippen molar-refractivity contribution in [1.29, 1.82) is 0 Å². The van der Waals surface area contributed by atoms with Crippen LogP contribution < -0.4 is 5.32 Å². The van der Waals surface area contributed by atoms with Crippen molar-refractivity contribution in [1.82, 2.24) is 25.2 Å². The van der Waals surface area contributed by atoms with Crippen molar-refractivity contribution in [3.05, 3.63) is 59.7 Å². The number of nitrogens with one attached hydrogen (secondary N) is 1. The highest BCUT2D eigenvalue weighted by molar-refractivity contribution is 5.97. The Bertz CT molecular complexity index is 1100. The average molecular weight is 432 g/mol. The van der Waals surface area contributed by atoms with Crippen LogP contribution in [0.3, 0.4) is 0 Å². The molecule has 0 radical (unpaired) electrons. The number of amides is 2. The highest BCUT2D eigenvalue weighted by Crippen LogP contribution is 2.31. The Morgan fingerprint density at radius 3 is 2.47 bits per heavy atom. The van der Waals surface area contributed by atoms with Crippen LogP contribution in [0.1, 0.15) is 60.5 Å². The Hall–Kier alpha value is -3.22. The molecule has 2 aromatic carbocycles. The number of carbonyl (C=O) groups excluding carboxylic acids is 2. The molecule has 0 bridgehead atoms. The molecule has 1 N–H and O–H groups in total. The van der Waals surface area contributed by atoms with Gasteiger partial charge in [-0.3, -0.25) is 9.59 Å². The van der Waals surface area contributed by atoms with Crippen LogP contribution >= 0.6 is 0 Å². The van der Waals surface area contributed by atoms with E-state index in [9.17, 15) is 9.59 Å². The second kappa shape index (κ2) is 9.10. The fourth-order valence-electron chi connectivity index (χ4n) is 4.95. The van der Waals surface area contributed by atoms with Gasteiger partial charge in [0.25, 0.3) is 5.91 Å². The van der Waals surface area contributed by atoms with Gasteiger partial charge in [0.1, 0.15) is 5.52 Å². The molecular formula is C25H29N5O2. The molecule has 1 aliphatic heterocycles. The molecule has 0 unspecified atom stereocenters. The Balaban J connectivity index is 1.18. The third-order valence-corrected chi connectivity index (χ3v) is 6.85. The van der Waals surface area contributed by atoms with E-state index in [4.69, 9.17) is 0 Å². The first-order valence-electron chi connectivity index (χ1n) is 11.6. The van der Waals surface area contributed by atoms with Crippen LogP contribution in [-0.2, 0) is 11.3 Å². The number of hydrogen-bond donors (Lipinski definition) is 1. The molecule has 3 aromatic rings. The van der Waals surface area contributed by atoms with E-state index in [1.165, 1.54) is 12.8 Å². The maximum atomic E-state index is 13.1. The van der Waals surface area contributed by atoms with Crippen LogP contribution in [0.5, 0.6) is 0 Å². The monoisotopic (exact) mass is 431 g/mol. The van der Waals surface area contributed by atoms with Gasteiger partial charge in [0.15, 0.2) is 0 Å². The first-order valence-corrected chi connectivity index (χ1v) is 11.6. The molecule has 1 aliphatic carbocycles. The number of fused-ring (bicyclic) bond motifs is 1. The fraction of sp³-hybridized carbons (Fsp3) is 0.440. The van der Waals surface area contributed by atoms with E-state index in [0.29, 0.717) is 44.1 Å². The largest absolute Gasteiger partial charge is 0.352 e. The molecule has 0 spiro atoms. The number of likely N-dealkylation sites (tertiary alicyclic amines) is 1. The summed E-state index contributed by atoms with van der Waals surface area (Å²) < 4.78 is 2.02. The summed E-state index contributed by atoms with van der Waals surface area (Å²) in [5.41, 5.74) is 3.51. The van der Waals surface area contributed by atoms with E-state index < -0.39 is 0 Å². The van der Waals surface area contributed by atoms with Crippen LogP contribution in [0.25, 0.3) is 11.0 Å². The minimum Gasteiger partial charge on any atom is -0.352 e. The first kappa shape index (κ1) is 20.7. The maximum absolute atomic E-state index is 13.1. The molecular weight excluding hydrogens is 402 g/mol. The highest BCUT2D eigenvalue weighted by Gasteiger charge is 2.28. The summed E-state index contributed by atoms with van der Waals surface area (Å²) in [7, 11) is 0. The summed E-state index contributed by atoms with van der Waals surface area (Å²) >= 11 is 0. The van der Waals surface area contributed by atoms with Crippen LogP contribution in [0.2, 0.25) is 0 Å². The van der Waals surface area contributed by atoms with Crippen LogP contribution in [0, 0.1) is 5.92 Å². The average Bonchev–Trinajstić information content (AvgIpc) is 3.52. The quantitative estimate of drug-likeness (QED) is 0.668. The third-order valence-electron chi connectivity index (χ3n) is 6.85. The van der Waals surface area contributed by atoms with Crippen molar-refractivity contribution < 1.29 is 9.59 Å². The van der Waals surface area contributed by atoms with Crippen molar-refractivity contribution >= 4 is 22.8 Å². The van der Waals surface area contributed by atoms with Gasteiger partial charge in [-0.1, -0.05) is 48.4 Å². The summed E-state index contributed by atoms with van der Waals surface area (Å²) in [6.45, 7) is 1.73. The molecule has 32 heavy (non-hydrogen) atoms. The van der Waals surface area contributed by atoms with E-state index in [1.54, 1.807) is 0 Å². The van der Waals surface area contributed by atoms with E-state index >= 15 is 0 Å². The molecule has 166 valence electrons. The highest BCUT2D eigenvalue weighted by atomic mass is 16.2. The molecule has 0 atom stereocenters. The fourth-order valence-corrected chi connectivity index (χ4v) is 4.95. The zero-order chi connectivity index (χ0) is 21.9. The van der Waals surface area contributed by atoms with Crippen LogP contribution in [-0.4, -0.2) is 44.8 Å². The molecule has 2 fully saturated rings. The van der Waals surface area contributed by atoms with Gasteiger partial charge in [-0.15, -0.1) is 5.10 Å². The Labute approximate surface area is 187 Å². The molecule has 1 saturated heterocycles. The van der Waals surface area contributed by atoms with Gasteiger partial charge in [0.05, 0.1) is 11.6 Å². The molecule has 1 aromatic heterocycles. The van der Waals surface area contributed by atoms with E-state index in [1.807, 2.05) is 58.1 Å². The van der Waals surface area contributed by atoms with Crippen LogP contribution in [0.4, 0.5) is 0 Å². The second-order valence-corrected chi connectivity index (χ2v) is 8.95. The normalized spacial score (nSPS) is 17.7. The van der Waals surface area contributed by atoms with Gasteiger partial charge in [-0.05, 0) is 49.4 Å². The summed E-state index contributed by atoms with van der Waals surface area (Å²) in [5, 5.41) is 11.7. The summed E-state index contributed by atoms with van der Waals surface area (Å²) in [6, 6.07) is 16.1. The first-order chi connectivity index (χ1) is 15.7. The standard InChI is InChI=1S/C25H29N5O2/c31-24(26-17-18-6-2-1-3-7-18)19-12-14-29(15-13-19)25(32)20-10-11-23-22(16-20)27-28-30(23)21-8-4-5-9-21/h1-3,6-7,10-11,16,19,21H,4-5,8-9,12-15,17H2,(H,26,31). The molecule has 2 aliphatic rings. The van der Waals surface area contributed by atoms with Crippen molar-refractivity contribution in [3.63, 3.8) is 0 Å². The number of benzene rings is 2. The Morgan fingerprint density at radius 2 is 1.72 bits per heavy atom. The minimum atomic E-state index is -0.0449. The second-order valence-electron chi connectivity index (χ2n) is 8.95. The van der Waals surface area contributed by atoms with Crippen molar-refractivity contribution in [2.45, 2.75) is 51.1 Å². The SMILES string of the molecule is O=C(NCc1ccccc1)C1CCN(C(=O)c2ccc3c(c2)nnn3C2CCCC2)CC1. The zero-order valence-corrected chi connectivity index (χ0v) is 18.2. The van der Waals surface area contributed by atoms with Gasteiger partial charge in [0.2, 0.25) is 5.91 Å². The van der Waals surface area contributed by atoms with Crippen molar-refractivity contribution in [3.8, 4) is 0 Å². The van der Waals surface area contributed by atoms with Gasteiger partial charge in [0, 0.05) is 31.1 Å². The smallest absolute Gasteiger partial charge is 0.253 e. The molecule has 7 nitrogen and oxygen atoms in total. The van der Waals surface area contributed by atoms with E-state index in [0.717, 1.165) is 29.4 Å². The lowest BCUT2D eigenvalue weighted by Gasteiger charge is -2.31. The number of nitrogens with zero attached hydrogens (tertiary/aromatic N) is 4. The van der Waals surface area contributed by atoms with Crippen molar-refractivity contribution in [2.75, 3.05) is 13.1 Å². The summed E-state index contributed by atoms with van der Waals surface area (Å²) in [6.07, 6.45) is 6.14. The number of aromatic nitrogens is 3. The number of hydrogen-bond acceptors (Lipinski definition) is 4. The summed E-state index contributed by atoms with van der Waals surface area (Å²) in [5.74, 6) is 0.0351. The van der Waals surface area contributed by atoms with Gasteiger partial charge in [-0.2, -0.15) is 0 Å². The molecule has 2 heterocycles. The number of piperidine rings is 1. The number of rotatable bonds is 5. The topological polar surface area (TPSA) is 80.1 Å². The summed E-state index contributed by atoms with van der Waals surface area (Å²) in [4.78, 5) is 27.5. The lowest BCUT2D eigenvalue weighted by Crippen LogP contribution is -2.42. The number of carbonyl (C=O) groups is 2. The van der Waals surface area contributed by atoms with Gasteiger partial charge >= 0.3 is 0 Å². The molecule has 7 heteroatoms. The lowest BCUT2D eigenvalue weighted by molar-refractivity contribution is -0.126. The van der Waals surface area contributed by atoms with Gasteiger partial charge < -0.3 is 10.2 Å². The minimum absolute atomic E-state index is 0.00506. The third kappa shape index (κ3) is 4.24. The predicted molar refractivity (Wildman–Crippen MR) is 122 cm³/mol. The van der Waals surface area contributed by atoms with E-state index in [-0.39, 0.29) is 17.7 Å². The Kier molecular flexibility index (Phi) is 5.88. The molecule has 2 amide bonds. The van der Waals surface area contributed by atoms with Crippen molar-refractivity contribution in [2.24, 2.45) is 5.92 Å².